The van der Waals surface area contributed by atoms with Gasteiger partial charge in [0.2, 0.25) is 0 Å². The highest BCUT2D eigenvalue weighted by Crippen LogP contribution is 2.30. The van der Waals surface area contributed by atoms with E-state index in [-0.39, 0.29) is 27.1 Å². The molecular formula is C14H11BrF2N2O2. The van der Waals surface area contributed by atoms with Crippen molar-refractivity contribution in [2.75, 3.05) is 18.2 Å². The SMILES string of the molecule is COC(=O)c1ccc(Nc2c(F)cc(Br)cc2F)c(N)c1. The Morgan fingerprint density at radius 3 is 2.38 bits per heavy atom. The van der Waals surface area contributed by atoms with Gasteiger partial charge in [-0.3, -0.25) is 0 Å². The summed E-state index contributed by atoms with van der Waals surface area (Å²) in [6, 6.07) is 6.51. The van der Waals surface area contributed by atoms with Crippen LogP contribution in [0.25, 0.3) is 0 Å². The number of nitrogen functional groups attached to an aromatic ring is 1. The quantitative estimate of drug-likeness (QED) is 0.647. The average Bonchev–Trinajstić information content (AvgIpc) is 2.43. The maximum atomic E-state index is 13.7. The van der Waals surface area contributed by atoms with E-state index in [9.17, 15) is 13.6 Å². The standard InChI is InChI=1S/C14H11BrF2N2O2/c1-21-14(20)7-2-3-12(11(18)4-7)19-13-9(16)5-8(15)6-10(13)17/h2-6,19H,18H2,1H3. The lowest BCUT2D eigenvalue weighted by atomic mass is 10.1. The second-order valence-electron chi connectivity index (χ2n) is 4.16. The van der Waals surface area contributed by atoms with Gasteiger partial charge < -0.3 is 15.8 Å². The van der Waals surface area contributed by atoms with E-state index in [0.717, 1.165) is 12.1 Å². The van der Waals surface area contributed by atoms with Gasteiger partial charge in [-0.15, -0.1) is 0 Å². The first-order valence-corrected chi connectivity index (χ1v) is 6.61. The van der Waals surface area contributed by atoms with Crippen molar-refractivity contribution in [2.24, 2.45) is 0 Å². The molecule has 3 N–H and O–H groups in total. The van der Waals surface area contributed by atoms with E-state index < -0.39 is 17.6 Å². The van der Waals surface area contributed by atoms with Crippen molar-refractivity contribution in [3.63, 3.8) is 0 Å². The molecule has 0 aliphatic carbocycles. The Labute approximate surface area is 128 Å². The van der Waals surface area contributed by atoms with Crippen LogP contribution in [0.5, 0.6) is 0 Å². The van der Waals surface area contributed by atoms with Crippen LogP contribution in [0.4, 0.5) is 25.8 Å². The second-order valence-corrected chi connectivity index (χ2v) is 5.08. The van der Waals surface area contributed by atoms with E-state index in [4.69, 9.17) is 5.73 Å². The smallest absolute Gasteiger partial charge is 0.337 e. The van der Waals surface area contributed by atoms with Gasteiger partial charge in [0.1, 0.15) is 5.69 Å². The summed E-state index contributed by atoms with van der Waals surface area (Å²) in [4.78, 5) is 11.4. The van der Waals surface area contributed by atoms with E-state index in [1.165, 1.54) is 25.3 Å². The number of ether oxygens (including phenoxy) is 1. The van der Waals surface area contributed by atoms with Gasteiger partial charge >= 0.3 is 5.97 Å². The van der Waals surface area contributed by atoms with Crippen LogP contribution in [0.3, 0.4) is 0 Å². The van der Waals surface area contributed by atoms with Crippen molar-refractivity contribution in [2.45, 2.75) is 0 Å². The minimum Gasteiger partial charge on any atom is -0.465 e. The van der Waals surface area contributed by atoms with Crippen LogP contribution in [0.2, 0.25) is 0 Å². The summed E-state index contributed by atoms with van der Waals surface area (Å²) in [5, 5.41) is 2.57. The number of methoxy groups -OCH3 is 1. The van der Waals surface area contributed by atoms with Crippen LogP contribution in [0, 0.1) is 11.6 Å². The first kappa shape index (κ1) is 15.2. The molecule has 0 amide bonds. The van der Waals surface area contributed by atoms with Gasteiger partial charge in [0.15, 0.2) is 11.6 Å². The molecule has 2 aromatic rings. The predicted octanol–water partition coefficient (Wildman–Crippen LogP) is 3.84. The number of nitrogens with two attached hydrogens (primary N) is 1. The molecule has 21 heavy (non-hydrogen) atoms. The number of halogens is 3. The van der Waals surface area contributed by atoms with Crippen LogP contribution >= 0.6 is 15.9 Å². The van der Waals surface area contributed by atoms with Crippen LogP contribution in [0.1, 0.15) is 10.4 Å². The molecule has 0 unspecified atom stereocenters. The zero-order valence-electron chi connectivity index (χ0n) is 10.9. The predicted molar refractivity (Wildman–Crippen MR) is 79.5 cm³/mol. The van der Waals surface area contributed by atoms with E-state index in [1.54, 1.807) is 0 Å². The number of benzene rings is 2. The van der Waals surface area contributed by atoms with Crippen molar-refractivity contribution >= 4 is 39.0 Å². The van der Waals surface area contributed by atoms with E-state index in [2.05, 4.69) is 26.0 Å². The molecule has 0 saturated carbocycles. The van der Waals surface area contributed by atoms with Gasteiger partial charge in [-0.2, -0.15) is 0 Å². The van der Waals surface area contributed by atoms with E-state index in [1.807, 2.05) is 0 Å². The number of esters is 1. The van der Waals surface area contributed by atoms with Crippen molar-refractivity contribution in [1.82, 2.24) is 0 Å². The minimum absolute atomic E-state index is 0.166. The molecule has 0 heterocycles. The molecule has 110 valence electrons. The summed E-state index contributed by atoms with van der Waals surface area (Å²) in [6.07, 6.45) is 0. The number of carbonyl (C=O) groups is 1. The summed E-state index contributed by atoms with van der Waals surface area (Å²) in [5.74, 6) is -2.08. The number of carbonyl (C=O) groups excluding carboxylic acids is 1. The van der Waals surface area contributed by atoms with Crippen molar-refractivity contribution in [3.05, 3.63) is 52.0 Å². The molecule has 0 spiro atoms. The Morgan fingerprint density at radius 2 is 1.86 bits per heavy atom. The van der Waals surface area contributed by atoms with Crippen LogP contribution in [0.15, 0.2) is 34.8 Å². The summed E-state index contributed by atoms with van der Waals surface area (Å²) in [6.45, 7) is 0. The molecule has 0 radical (unpaired) electrons. The highest BCUT2D eigenvalue weighted by Gasteiger charge is 2.13. The lowest BCUT2D eigenvalue weighted by molar-refractivity contribution is 0.0601. The summed E-state index contributed by atoms with van der Waals surface area (Å²) in [7, 11) is 1.25. The Hall–Kier alpha value is -2.15. The Balaban J connectivity index is 2.35. The molecule has 2 rings (SSSR count). The first-order valence-electron chi connectivity index (χ1n) is 5.81. The third kappa shape index (κ3) is 3.30. The monoisotopic (exact) mass is 356 g/mol. The van der Waals surface area contributed by atoms with Gasteiger partial charge in [-0.1, -0.05) is 15.9 Å². The van der Waals surface area contributed by atoms with Crippen molar-refractivity contribution in [3.8, 4) is 0 Å². The minimum atomic E-state index is -0.765. The number of hydrogen-bond donors (Lipinski definition) is 2. The van der Waals surface area contributed by atoms with Crippen LogP contribution in [-0.2, 0) is 4.74 Å². The molecule has 0 aromatic heterocycles. The zero-order chi connectivity index (χ0) is 15.6. The second kappa shape index (κ2) is 6.09. The molecule has 0 aliphatic rings. The lowest BCUT2D eigenvalue weighted by Crippen LogP contribution is -2.05. The fourth-order valence-corrected chi connectivity index (χ4v) is 2.12. The zero-order valence-corrected chi connectivity index (χ0v) is 12.5. The molecule has 2 aromatic carbocycles. The number of hydrogen-bond acceptors (Lipinski definition) is 4. The summed E-state index contributed by atoms with van der Waals surface area (Å²) < 4.78 is 32.3. The van der Waals surface area contributed by atoms with Crippen molar-refractivity contribution in [1.29, 1.82) is 0 Å². The van der Waals surface area contributed by atoms with Gasteiger partial charge in [-0.05, 0) is 30.3 Å². The van der Waals surface area contributed by atoms with Gasteiger partial charge in [-0.25, -0.2) is 13.6 Å². The average molecular weight is 357 g/mol. The molecule has 0 atom stereocenters. The molecule has 7 heteroatoms. The van der Waals surface area contributed by atoms with Gasteiger partial charge in [0.25, 0.3) is 0 Å². The fourth-order valence-electron chi connectivity index (χ4n) is 1.72. The van der Waals surface area contributed by atoms with Gasteiger partial charge in [0.05, 0.1) is 24.0 Å². The fraction of sp³-hybridized carbons (Fsp3) is 0.0714. The third-order valence-corrected chi connectivity index (χ3v) is 3.20. The molecule has 4 nitrogen and oxygen atoms in total. The van der Waals surface area contributed by atoms with Crippen LogP contribution in [-0.4, -0.2) is 13.1 Å². The lowest BCUT2D eigenvalue weighted by Gasteiger charge is -2.12. The maximum absolute atomic E-state index is 13.7. The Bertz CT molecular complexity index is 684. The molecular weight excluding hydrogens is 346 g/mol. The maximum Gasteiger partial charge on any atom is 0.337 e. The highest BCUT2D eigenvalue weighted by molar-refractivity contribution is 9.10. The molecule has 0 saturated heterocycles. The molecule has 0 bridgehead atoms. The largest absolute Gasteiger partial charge is 0.465 e. The van der Waals surface area contributed by atoms with Crippen molar-refractivity contribution < 1.29 is 18.3 Å². The Morgan fingerprint density at radius 1 is 1.24 bits per heavy atom. The highest BCUT2D eigenvalue weighted by atomic mass is 79.9. The number of anilines is 3. The number of nitrogens with one attached hydrogen (secondary N) is 1. The van der Waals surface area contributed by atoms with E-state index >= 15 is 0 Å². The number of rotatable bonds is 3. The molecule has 0 fully saturated rings. The van der Waals surface area contributed by atoms with Crippen LogP contribution < -0.4 is 11.1 Å². The first-order chi connectivity index (χ1) is 9.92. The Kier molecular flexibility index (Phi) is 4.42. The summed E-state index contributed by atoms with van der Waals surface area (Å²) >= 11 is 3.00. The normalized spacial score (nSPS) is 10.3. The van der Waals surface area contributed by atoms with Gasteiger partial charge in [0, 0.05) is 4.47 Å². The molecule has 0 aliphatic heterocycles. The topological polar surface area (TPSA) is 64.3 Å². The summed E-state index contributed by atoms with van der Waals surface area (Å²) in [5.41, 5.74) is 6.14. The van der Waals surface area contributed by atoms with E-state index in [0.29, 0.717) is 0 Å². The third-order valence-electron chi connectivity index (χ3n) is 2.74.